The van der Waals surface area contributed by atoms with E-state index in [2.05, 4.69) is 55.9 Å². The summed E-state index contributed by atoms with van der Waals surface area (Å²) >= 11 is 0. The van der Waals surface area contributed by atoms with Crippen LogP contribution in [0.3, 0.4) is 0 Å². The molecule has 3 aromatic rings. The number of hydrogen-bond donors (Lipinski definition) is 1. The van der Waals surface area contributed by atoms with Crippen molar-refractivity contribution in [2.45, 2.75) is 40.0 Å². The number of fused-ring (bicyclic) bond motifs is 1. The zero-order valence-electron chi connectivity index (χ0n) is 14.3. The first-order chi connectivity index (χ1) is 10.8. The summed E-state index contributed by atoms with van der Waals surface area (Å²) in [6, 6.07) is 9.97. The highest BCUT2D eigenvalue weighted by atomic mass is 16.1. The van der Waals surface area contributed by atoms with Gasteiger partial charge < -0.3 is 4.98 Å². The lowest BCUT2D eigenvalue weighted by molar-refractivity contribution is 0.590. The predicted molar refractivity (Wildman–Crippen MR) is 96.0 cm³/mol. The van der Waals surface area contributed by atoms with E-state index in [0.717, 1.165) is 22.5 Å². The normalized spacial score (nSPS) is 11.9. The molecule has 118 valence electrons. The molecule has 0 spiro atoms. The van der Waals surface area contributed by atoms with E-state index < -0.39 is 0 Å². The Balaban J connectivity index is 2.20. The van der Waals surface area contributed by atoms with E-state index in [-0.39, 0.29) is 10.8 Å². The SMILES string of the molecule is Cc1cc(C(C)(C)C)ccc1-c1cc(=O)c2c(C)nccc2[nH]1. The van der Waals surface area contributed by atoms with E-state index in [9.17, 15) is 4.79 Å². The van der Waals surface area contributed by atoms with Crippen molar-refractivity contribution in [3.8, 4) is 11.3 Å². The molecule has 2 heterocycles. The van der Waals surface area contributed by atoms with Gasteiger partial charge in [-0.15, -0.1) is 0 Å². The molecule has 2 aromatic heterocycles. The maximum absolute atomic E-state index is 12.5. The standard InChI is InChI=1S/C20H22N2O/c1-12-10-14(20(3,4)5)6-7-15(12)17-11-18(23)19-13(2)21-9-8-16(19)22-17/h6-11H,1-5H3,(H,22,23). The molecule has 0 unspecified atom stereocenters. The highest BCUT2D eigenvalue weighted by Crippen LogP contribution is 2.28. The van der Waals surface area contributed by atoms with Gasteiger partial charge in [0.15, 0.2) is 5.43 Å². The maximum Gasteiger partial charge on any atom is 0.191 e. The summed E-state index contributed by atoms with van der Waals surface area (Å²) in [4.78, 5) is 20.1. The van der Waals surface area contributed by atoms with Crippen molar-refractivity contribution in [2.24, 2.45) is 0 Å². The van der Waals surface area contributed by atoms with Gasteiger partial charge in [0, 0.05) is 23.5 Å². The summed E-state index contributed by atoms with van der Waals surface area (Å²) in [5.41, 5.74) is 6.09. The number of rotatable bonds is 1. The second-order valence-corrected chi connectivity index (χ2v) is 7.15. The second-order valence-electron chi connectivity index (χ2n) is 7.15. The van der Waals surface area contributed by atoms with Crippen LogP contribution in [0.2, 0.25) is 0 Å². The average Bonchev–Trinajstić information content (AvgIpc) is 2.45. The molecule has 1 N–H and O–H groups in total. The van der Waals surface area contributed by atoms with Crippen molar-refractivity contribution < 1.29 is 0 Å². The molecule has 0 saturated heterocycles. The van der Waals surface area contributed by atoms with Crippen LogP contribution in [0.5, 0.6) is 0 Å². The van der Waals surface area contributed by atoms with Crippen molar-refractivity contribution in [1.29, 1.82) is 0 Å². The van der Waals surface area contributed by atoms with Crippen molar-refractivity contribution in [3.63, 3.8) is 0 Å². The Kier molecular flexibility index (Phi) is 3.59. The molecule has 23 heavy (non-hydrogen) atoms. The molecule has 0 aliphatic heterocycles. The Morgan fingerprint density at radius 2 is 1.78 bits per heavy atom. The molecule has 0 aliphatic rings. The lowest BCUT2D eigenvalue weighted by atomic mass is 9.85. The van der Waals surface area contributed by atoms with E-state index in [1.807, 2.05) is 13.0 Å². The number of nitrogens with zero attached hydrogens (tertiary/aromatic N) is 1. The fraction of sp³-hybridized carbons (Fsp3) is 0.300. The molecule has 0 atom stereocenters. The molecule has 0 fully saturated rings. The van der Waals surface area contributed by atoms with Crippen LogP contribution in [0.25, 0.3) is 22.2 Å². The first kappa shape index (κ1) is 15.5. The number of benzene rings is 1. The fourth-order valence-corrected chi connectivity index (χ4v) is 2.94. The average molecular weight is 306 g/mol. The molecule has 0 aliphatic carbocycles. The van der Waals surface area contributed by atoms with Gasteiger partial charge in [0.05, 0.1) is 16.6 Å². The predicted octanol–water partition coefficient (Wildman–Crippen LogP) is 4.50. The summed E-state index contributed by atoms with van der Waals surface area (Å²) in [5, 5.41) is 0.667. The van der Waals surface area contributed by atoms with Gasteiger partial charge in [-0.25, -0.2) is 0 Å². The molecule has 3 rings (SSSR count). The molecule has 1 aromatic carbocycles. The zero-order valence-corrected chi connectivity index (χ0v) is 14.3. The topological polar surface area (TPSA) is 45.8 Å². The minimum atomic E-state index is 0.0126. The Labute approximate surface area is 136 Å². The number of aryl methyl sites for hydroxylation is 2. The van der Waals surface area contributed by atoms with Gasteiger partial charge in [0.25, 0.3) is 0 Å². The third kappa shape index (κ3) is 2.79. The first-order valence-electron chi connectivity index (χ1n) is 7.87. The van der Waals surface area contributed by atoms with Crippen LogP contribution >= 0.6 is 0 Å². The van der Waals surface area contributed by atoms with Crippen LogP contribution in [-0.4, -0.2) is 9.97 Å². The molecule has 0 bridgehead atoms. The van der Waals surface area contributed by atoms with Gasteiger partial charge in [-0.1, -0.05) is 39.0 Å². The van der Waals surface area contributed by atoms with E-state index in [1.54, 1.807) is 12.3 Å². The van der Waals surface area contributed by atoms with Crippen LogP contribution in [0.4, 0.5) is 0 Å². The molecular formula is C20H22N2O. The third-order valence-corrected chi connectivity index (χ3v) is 4.31. The number of hydrogen-bond acceptors (Lipinski definition) is 2. The van der Waals surface area contributed by atoms with Gasteiger partial charge in [0.1, 0.15) is 0 Å². The van der Waals surface area contributed by atoms with Gasteiger partial charge in [0.2, 0.25) is 0 Å². The second kappa shape index (κ2) is 5.34. The monoisotopic (exact) mass is 306 g/mol. The Bertz CT molecular complexity index is 946. The third-order valence-electron chi connectivity index (χ3n) is 4.31. The van der Waals surface area contributed by atoms with E-state index in [1.165, 1.54) is 11.1 Å². The quantitative estimate of drug-likeness (QED) is 0.719. The molecule has 0 amide bonds. The molecule has 0 saturated carbocycles. The van der Waals surface area contributed by atoms with Gasteiger partial charge in [-0.3, -0.25) is 9.78 Å². The minimum absolute atomic E-state index is 0.0126. The number of H-pyrrole nitrogens is 1. The first-order valence-corrected chi connectivity index (χ1v) is 7.87. The molecule has 3 nitrogen and oxygen atoms in total. The van der Waals surface area contributed by atoms with Crippen LogP contribution in [0.15, 0.2) is 41.3 Å². The van der Waals surface area contributed by atoms with Gasteiger partial charge in [-0.2, -0.15) is 0 Å². The number of pyridine rings is 2. The van der Waals surface area contributed by atoms with Crippen molar-refractivity contribution in [2.75, 3.05) is 0 Å². The zero-order chi connectivity index (χ0) is 16.8. The summed E-state index contributed by atoms with van der Waals surface area (Å²) < 4.78 is 0. The van der Waals surface area contributed by atoms with E-state index >= 15 is 0 Å². The number of nitrogens with one attached hydrogen (secondary N) is 1. The number of aromatic amines is 1. The summed E-state index contributed by atoms with van der Waals surface area (Å²) in [6.45, 7) is 10.6. The fourth-order valence-electron chi connectivity index (χ4n) is 2.94. The molecular weight excluding hydrogens is 284 g/mol. The maximum atomic E-state index is 12.5. The van der Waals surface area contributed by atoms with Gasteiger partial charge in [-0.05, 0) is 36.5 Å². The lowest BCUT2D eigenvalue weighted by Crippen LogP contribution is -2.11. The molecule has 0 radical (unpaired) electrons. The van der Waals surface area contributed by atoms with Crippen molar-refractivity contribution >= 4 is 10.9 Å². The van der Waals surface area contributed by atoms with Gasteiger partial charge >= 0.3 is 0 Å². The Hall–Kier alpha value is -2.42. The Morgan fingerprint density at radius 1 is 1.04 bits per heavy atom. The highest BCUT2D eigenvalue weighted by molar-refractivity contribution is 5.83. The lowest BCUT2D eigenvalue weighted by Gasteiger charge is -2.20. The van der Waals surface area contributed by atoms with Crippen LogP contribution in [0.1, 0.15) is 37.6 Å². The van der Waals surface area contributed by atoms with E-state index in [0.29, 0.717) is 5.39 Å². The Morgan fingerprint density at radius 3 is 2.43 bits per heavy atom. The summed E-state index contributed by atoms with van der Waals surface area (Å²) in [6.07, 6.45) is 1.73. The smallest absolute Gasteiger partial charge is 0.191 e. The van der Waals surface area contributed by atoms with Crippen LogP contribution in [-0.2, 0) is 5.41 Å². The van der Waals surface area contributed by atoms with Crippen LogP contribution < -0.4 is 5.43 Å². The van der Waals surface area contributed by atoms with Crippen LogP contribution in [0, 0.1) is 13.8 Å². The minimum Gasteiger partial charge on any atom is -0.354 e. The molecule has 3 heteroatoms. The highest BCUT2D eigenvalue weighted by Gasteiger charge is 2.15. The summed E-state index contributed by atoms with van der Waals surface area (Å²) in [7, 11) is 0. The number of aromatic nitrogens is 2. The largest absolute Gasteiger partial charge is 0.354 e. The summed E-state index contributed by atoms with van der Waals surface area (Å²) in [5.74, 6) is 0. The van der Waals surface area contributed by atoms with Crippen molar-refractivity contribution in [1.82, 2.24) is 9.97 Å². The van der Waals surface area contributed by atoms with Crippen molar-refractivity contribution in [3.05, 3.63) is 63.6 Å². The van der Waals surface area contributed by atoms with E-state index in [4.69, 9.17) is 0 Å².